The molecule has 26 aromatic rings. The lowest BCUT2D eigenvalue weighted by atomic mass is 9.67. The van der Waals surface area contributed by atoms with E-state index < -0.39 is 10.8 Å². The zero-order valence-corrected chi connectivity index (χ0v) is 75.6. The Hall–Kier alpha value is -18.0. The number of fused-ring (bicyclic) bond motifs is 20. The maximum atomic E-state index is 2.55. The largest absolute Gasteiger partial charge is 0.309 e. The summed E-state index contributed by atoms with van der Waals surface area (Å²) < 4.78 is 9.88. The van der Waals surface area contributed by atoms with Gasteiger partial charge in [-0.2, -0.15) is 0 Å². The molecule has 4 aromatic heterocycles. The van der Waals surface area contributed by atoms with Gasteiger partial charge in [-0.3, -0.25) is 0 Å². The molecular weight excluding hydrogens is 1670 g/mol. The van der Waals surface area contributed by atoms with Crippen molar-refractivity contribution in [1.29, 1.82) is 0 Å². The van der Waals surface area contributed by atoms with E-state index in [1.165, 1.54) is 221 Å². The smallest absolute Gasteiger partial charge is 0.0734 e. The van der Waals surface area contributed by atoms with Crippen LogP contribution >= 0.6 is 0 Å². The summed E-state index contributed by atoms with van der Waals surface area (Å²) in [6.07, 6.45) is 0. The molecule has 0 spiro atoms. The molecule has 0 bridgehead atoms. The minimum absolute atomic E-state index is 0.508. The molecule has 644 valence electrons. The van der Waals surface area contributed by atoms with Crippen molar-refractivity contribution in [3.8, 4) is 112 Å². The number of rotatable bonds is 14. The van der Waals surface area contributed by atoms with Crippen molar-refractivity contribution >= 4 is 87.2 Å². The Labute approximate surface area is 800 Å². The molecule has 0 radical (unpaired) electrons. The average molecular weight is 1750 g/mol. The molecule has 138 heavy (non-hydrogen) atoms. The van der Waals surface area contributed by atoms with Gasteiger partial charge in [0.1, 0.15) is 0 Å². The van der Waals surface area contributed by atoms with Crippen LogP contribution in [-0.2, 0) is 10.8 Å². The molecule has 0 amide bonds. The molecule has 2 aliphatic carbocycles. The van der Waals surface area contributed by atoms with E-state index in [2.05, 4.69) is 552 Å². The predicted molar refractivity (Wildman–Crippen MR) is 577 cm³/mol. The Morgan fingerprint density at radius 3 is 0.906 bits per heavy atom. The summed E-state index contributed by atoms with van der Waals surface area (Å²) in [6.45, 7) is 0. The molecule has 4 heteroatoms. The van der Waals surface area contributed by atoms with Gasteiger partial charge in [0.05, 0.1) is 55.0 Å². The number of hydrogen-bond acceptors (Lipinski definition) is 0. The van der Waals surface area contributed by atoms with Gasteiger partial charge >= 0.3 is 0 Å². The van der Waals surface area contributed by atoms with E-state index in [-0.39, 0.29) is 0 Å². The van der Waals surface area contributed by atoms with E-state index in [0.29, 0.717) is 0 Å². The highest BCUT2D eigenvalue weighted by atomic mass is 15.0. The van der Waals surface area contributed by atoms with Gasteiger partial charge < -0.3 is 18.3 Å². The molecule has 0 N–H and O–H groups in total. The summed E-state index contributed by atoms with van der Waals surface area (Å²) in [6, 6.07) is 197. The SMILES string of the molecule is c1ccc(-c2ccc(-n3c4ccc(-c5ccc6c(c5)c5ccccc5n6-c5cccc(-c6ccccc6)c5)cc4c4c5c(ccc43)C(c3ccccc3)(c3ccccc3)c3ccccc3-5)cc2)cc1.c1ccc(-c2ccc(-n3c4ccc(-c5ccc6c(c5)c5ccccc5n6-c5cccc(-c6ccccc6)c5)cc4c4ccc5c(c43)C(c3ccccc3)(c3ccccc3)c3ccccc3-5)cc2)cc1. The first kappa shape index (κ1) is 79.8. The highest BCUT2D eigenvalue weighted by molar-refractivity contribution is 6.21. The Morgan fingerprint density at radius 2 is 0.449 bits per heavy atom. The molecule has 0 aliphatic heterocycles. The Bertz CT molecular complexity index is 9180. The van der Waals surface area contributed by atoms with Gasteiger partial charge in [-0.15, -0.1) is 0 Å². The van der Waals surface area contributed by atoms with Crippen LogP contribution in [0.15, 0.2) is 534 Å². The van der Waals surface area contributed by atoms with Crippen molar-refractivity contribution in [2.45, 2.75) is 10.8 Å². The first-order chi connectivity index (χ1) is 68.5. The lowest BCUT2D eigenvalue weighted by Gasteiger charge is -2.34. The summed E-state index contributed by atoms with van der Waals surface area (Å²) in [4.78, 5) is 0. The summed E-state index contributed by atoms with van der Waals surface area (Å²) in [5.41, 5.74) is 42.8. The zero-order chi connectivity index (χ0) is 90.9. The van der Waals surface area contributed by atoms with E-state index in [1.807, 2.05) is 0 Å². The molecule has 0 saturated carbocycles. The van der Waals surface area contributed by atoms with Crippen LogP contribution in [0.5, 0.6) is 0 Å². The fraction of sp³-hybridized carbons (Fsp3) is 0.0149. The standard InChI is InChI=1S/2C67H44N2/c1-5-18-45(19-6-1)47-32-36-53(37-33-47)68-63-40-35-50(49-34-39-62-57(43-49)55-28-14-16-31-61(55)69(62)54-27-17-22-48(42-54)46-20-7-2-8-21-46)44-58(63)66-64(68)41-38-60-65(66)56-29-13-15-30-59(56)67(60,51-23-9-3-10-24-51)52-25-11-4-12-26-52;1-5-18-45(19-6-1)47-32-36-53(37-33-47)69-64-41-35-50(49-34-40-63-59(43-49)56-29-14-16-31-62(56)68(63)54-27-17-22-48(42-54)46-20-7-2-8-21-46)44-60(64)58-39-38-57-55-28-13-15-30-61(55)67(65(57)66(58)69,51-23-9-3-10-24-51)52-25-11-4-12-26-52/h2*1-44H. The van der Waals surface area contributed by atoms with Crippen molar-refractivity contribution in [3.05, 3.63) is 578 Å². The second-order valence-corrected chi connectivity index (χ2v) is 36.8. The number of benzene rings is 22. The number of hydrogen-bond donors (Lipinski definition) is 0. The maximum Gasteiger partial charge on any atom is 0.0734 e. The third-order valence-corrected chi connectivity index (χ3v) is 29.6. The van der Waals surface area contributed by atoms with Crippen molar-refractivity contribution in [1.82, 2.24) is 18.3 Å². The van der Waals surface area contributed by atoms with Gasteiger partial charge in [0.25, 0.3) is 0 Å². The third-order valence-electron chi connectivity index (χ3n) is 29.6. The fourth-order valence-corrected chi connectivity index (χ4v) is 23.6. The topological polar surface area (TPSA) is 19.7 Å². The highest BCUT2D eigenvalue weighted by Crippen LogP contribution is 2.62. The second kappa shape index (κ2) is 32.5. The van der Waals surface area contributed by atoms with Crippen LogP contribution in [0.3, 0.4) is 0 Å². The molecule has 22 aromatic carbocycles. The molecule has 4 nitrogen and oxygen atoms in total. The van der Waals surface area contributed by atoms with Crippen molar-refractivity contribution in [2.24, 2.45) is 0 Å². The van der Waals surface area contributed by atoms with E-state index in [0.717, 1.165) is 22.7 Å². The van der Waals surface area contributed by atoms with E-state index in [9.17, 15) is 0 Å². The maximum absolute atomic E-state index is 2.55. The summed E-state index contributed by atoms with van der Waals surface area (Å²) in [7, 11) is 0. The van der Waals surface area contributed by atoms with Gasteiger partial charge in [0, 0.05) is 71.4 Å². The second-order valence-electron chi connectivity index (χ2n) is 36.8. The fourth-order valence-electron chi connectivity index (χ4n) is 23.6. The van der Waals surface area contributed by atoms with Crippen molar-refractivity contribution < 1.29 is 0 Å². The normalized spacial score (nSPS) is 12.8. The van der Waals surface area contributed by atoms with Gasteiger partial charge in [-0.05, 0) is 243 Å². The quantitative estimate of drug-likeness (QED) is 0.103. The first-order valence-corrected chi connectivity index (χ1v) is 47.8. The molecule has 0 saturated heterocycles. The van der Waals surface area contributed by atoms with Crippen molar-refractivity contribution in [3.63, 3.8) is 0 Å². The van der Waals surface area contributed by atoms with Crippen LogP contribution in [0.25, 0.3) is 199 Å². The summed E-state index contributed by atoms with van der Waals surface area (Å²) in [5.74, 6) is 0. The molecule has 4 heterocycles. The summed E-state index contributed by atoms with van der Waals surface area (Å²) in [5, 5.41) is 9.92. The van der Waals surface area contributed by atoms with E-state index in [4.69, 9.17) is 0 Å². The van der Waals surface area contributed by atoms with Gasteiger partial charge in [0.2, 0.25) is 0 Å². The number of aromatic nitrogens is 4. The molecule has 2 aliphatic rings. The molecule has 28 rings (SSSR count). The monoisotopic (exact) mass is 1750 g/mol. The third kappa shape index (κ3) is 12.5. The minimum Gasteiger partial charge on any atom is -0.309 e. The van der Waals surface area contributed by atoms with Gasteiger partial charge in [0.15, 0.2) is 0 Å². The van der Waals surface area contributed by atoms with Crippen molar-refractivity contribution in [2.75, 3.05) is 0 Å². The predicted octanol–water partition coefficient (Wildman–Crippen LogP) is 34.5. The van der Waals surface area contributed by atoms with Crippen LogP contribution in [0, 0.1) is 0 Å². The van der Waals surface area contributed by atoms with Crippen LogP contribution in [0.4, 0.5) is 0 Å². The van der Waals surface area contributed by atoms with Crippen LogP contribution < -0.4 is 0 Å². The lowest BCUT2D eigenvalue weighted by Crippen LogP contribution is -2.29. The molecule has 0 atom stereocenters. The molecule has 0 unspecified atom stereocenters. The summed E-state index contributed by atoms with van der Waals surface area (Å²) >= 11 is 0. The Kier molecular flexibility index (Phi) is 18.8. The lowest BCUT2D eigenvalue weighted by molar-refractivity contribution is 0.769. The van der Waals surface area contributed by atoms with Gasteiger partial charge in [-0.1, -0.05) is 419 Å². The van der Waals surface area contributed by atoms with Crippen LogP contribution in [0.2, 0.25) is 0 Å². The van der Waals surface area contributed by atoms with E-state index in [1.54, 1.807) is 0 Å². The van der Waals surface area contributed by atoms with Crippen LogP contribution in [0.1, 0.15) is 44.5 Å². The number of nitrogens with zero attached hydrogens (tertiary/aromatic N) is 4. The molecule has 0 fully saturated rings. The number of para-hydroxylation sites is 2. The Morgan fingerprint density at radius 1 is 0.145 bits per heavy atom. The van der Waals surface area contributed by atoms with E-state index >= 15 is 0 Å². The molecular formula is C134H88N4. The van der Waals surface area contributed by atoms with Gasteiger partial charge in [-0.25, -0.2) is 0 Å². The zero-order valence-electron chi connectivity index (χ0n) is 75.6. The Balaban J connectivity index is 0.000000139. The highest BCUT2D eigenvalue weighted by Gasteiger charge is 2.50. The first-order valence-electron chi connectivity index (χ1n) is 47.8. The minimum atomic E-state index is -0.577. The average Bonchev–Trinajstić information content (AvgIpc) is 1.51. The van der Waals surface area contributed by atoms with Crippen LogP contribution in [-0.4, -0.2) is 18.3 Å².